The normalized spacial score (nSPS) is 26.9. The summed E-state index contributed by atoms with van der Waals surface area (Å²) in [7, 11) is 0. The topological polar surface area (TPSA) is 82.2 Å². The number of rotatable bonds is 7. The van der Waals surface area contributed by atoms with Crippen LogP contribution in [0.2, 0.25) is 0 Å². The van der Waals surface area contributed by atoms with Gasteiger partial charge in [-0.15, -0.1) is 0 Å². The van der Waals surface area contributed by atoms with Crippen molar-refractivity contribution in [3.8, 4) is 0 Å². The Hall–Kier alpha value is -2.45. The van der Waals surface area contributed by atoms with E-state index in [1.807, 2.05) is 38.1 Å². The summed E-state index contributed by atoms with van der Waals surface area (Å²) in [6, 6.07) is 7.32. The number of fused-ring (bicyclic) bond motifs is 1. The van der Waals surface area contributed by atoms with Gasteiger partial charge >= 0.3 is 0 Å². The molecule has 8 heteroatoms. The van der Waals surface area contributed by atoms with Crippen molar-refractivity contribution in [3.05, 3.63) is 29.8 Å². The average Bonchev–Trinajstić information content (AvgIpc) is 3.53. The third-order valence-corrected chi connectivity index (χ3v) is 8.03. The first kappa shape index (κ1) is 23.3. The van der Waals surface area contributed by atoms with Gasteiger partial charge in [0.05, 0.1) is 6.10 Å². The Balaban J connectivity index is 1.23. The third kappa shape index (κ3) is 4.58. The van der Waals surface area contributed by atoms with Crippen molar-refractivity contribution in [1.29, 1.82) is 0 Å². The van der Waals surface area contributed by atoms with Crippen molar-refractivity contribution in [2.45, 2.75) is 63.8 Å². The predicted molar refractivity (Wildman–Crippen MR) is 129 cm³/mol. The first-order valence-corrected chi connectivity index (χ1v) is 12.8. The van der Waals surface area contributed by atoms with E-state index in [1.54, 1.807) is 4.90 Å². The molecule has 34 heavy (non-hydrogen) atoms. The Labute approximate surface area is 201 Å². The van der Waals surface area contributed by atoms with Crippen LogP contribution in [0.4, 0.5) is 5.69 Å². The number of ketones is 1. The van der Waals surface area contributed by atoms with Gasteiger partial charge in [0, 0.05) is 50.0 Å². The summed E-state index contributed by atoms with van der Waals surface area (Å²) in [5.74, 6) is -0.527. The molecule has 5 rings (SSSR count). The number of nitrogens with one attached hydrogen (secondary N) is 1. The number of piperazine rings is 1. The Bertz CT molecular complexity index is 923. The van der Waals surface area contributed by atoms with Crippen molar-refractivity contribution in [2.24, 2.45) is 5.92 Å². The molecular formula is C26H36N4O4. The molecule has 4 fully saturated rings. The Morgan fingerprint density at radius 3 is 2.41 bits per heavy atom. The van der Waals surface area contributed by atoms with Crippen molar-refractivity contribution in [2.75, 3.05) is 44.2 Å². The fraction of sp³-hybridized carbons (Fsp3) is 0.654. The lowest BCUT2D eigenvalue weighted by atomic mass is 9.96. The molecule has 4 atom stereocenters. The van der Waals surface area contributed by atoms with Gasteiger partial charge in [0.25, 0.3) is 5.91 Å². The van der Waals surface area contributed by atoms with Crippen LogP contribution in [0.25, 0.3) is 0 Å². The predicted octanol–water partition coefficient (Wildman–Crippen LogP) is 1.68. The molecule has 1 aliphatic carbocycles. The molecule has 3 heterocycles. The number of amides is 2. The second kappa shape index (κ2) is 9.66. The number of hydrogen-bond donors (Lipinski definition) is 1. The lowest BCUT2D eigenvalue weighted by molar-refractivity contribution is -0.139. The van der Waals surface area contributed by atoms with E-state index in [0.29, 0.717) is 18.5 Å². The van der Waals surface area contributed by atoms with E-state index < -0.39 is 12.1 Å². The molecule has 0 radical (unpaired) electrons. The number of likely N-dealkylation sites (tertiary alicyclic amines) is 1. The van der Waals surface area contributed by atoms with Gasteiger partial charge in [-0.25, -0.2) is 0 Å². The van der Waals surface area contributed by atoms with Gasteiger partial charge in [-0.3, -0.25) is 19.3 Å². The van der Waals surface area contributed by atoms with Gasteiger partial charge < -0.3 is 19.9 Å². The van der Waals surface area contributed by atoms with Crippen LogP contribution < -0.4 is 10.2 Å². The van der Waals surface area contributed by atoms with Crippen LogP contribution in [0.15, 0.2) is 24.3 Å². The van der Waals surface area contributed by atoms with Crippen molar-refractivity contribution < 1.29 is 19.1 Å². The lowest BCUT2D eigenvalue weighted by Gasteiger charge is -2.36. The molecule has 1 aromatic rings. The first-order chi connectivity index (χ1) is 16.5. The summed E-state index contributed by atoms with van der Waals surface area (Å²) in [5, 5.41) is 2.98. The van der Waals surface area contributed by atoms with E-state index in [4.69, 9.17) is 4.74 Å². The van der Waals surface area contributed by atoms with Gasteiger partial charge in [0.2, 0.25) is 5.91 Å². The fourth-order valence-electron chi connectivity index (χ4n) is 5.54. The molecule has 4 aliphatic rings. The smallest absolute Gasteiger partial charge is 0.251 e. The highest BCUT2D eigenvalue weighted by molar-refractivity contribution is 5.99. The van der Waals surface area contributed by atoms with E-state index in [-0.39, 0.29) is 36.2 Å². The Kier molecular flexibility index (Phi) is 6.62. The summed E-state index contributed by atoms with van der Waals surface area (Å²) >= 11 is 0. The van der Waals surface area contributed by atoms with Crippen LogP contribution in [0.5, 0.6) is 0 Å². The van der Waals surface area contributed by atoms with Crippen LogP contribution in [0.1, 0.15) is 49.9 Å². The highest BCUT2D eigenvalue weighted by Crippen LogP contribution is 2.30. The molecule has 2 amide bonds. The number of Topliss-reactive ketones (excluding diaryl/α,β-unsaturated/α-hetero) is 1. The maximum absolute atomic E-state index is 13.4. The lowest BCUT2D eigenvalue weighted by Crippen LogP contribution is -2.54. The zero-order valence-corrected chi connectivity index (χ0v) is 20.2. The molecular weight excluding hydrogens is 432 g/mol. The maximum Gasteiger partial charge on any atom is 0.251 e. The van der Waals surface area contributed by atoms with Crippen molar-refractivity contribution in [1.82, 2.24) is 15.1 Å². The zero-order valence-electron chi connectivity index (χ0n) is 20.2. The Morgan fingerprint density at radius 1 is 1.06 bits per heavy atom. The highest BCUT2D eigenvalue weighted by atomic mass is 16.5. The number of carbonyl (C=O) groups excluding carboxylic acids is 3. The van der Waals surface area contributed by atoms with E-state index in [1.165, 1.54) is 12.8 Å². The molecule has 1 unspecified atom stereocenters. The number of anilines is 1. The van der Waals surface area contributed by atoms with Crippen LogP contribution in [-0.2, 0) is 14.3 Å². The molecule has 0 aromatic heterocycles. The highest BCUT2D eigenvalue weighted by Gasteiger charge is 2.48. The van der Waals surface area contributed by atoms with Gasteiger partial charge in [0.1, 0.15) is 18.7 Å². The quantitative estimate of drug-likeness (QED) is 0.656. The maximum atomic E-state index is 13.4. The van der Waals surface area contributed by atoms with Gasteiger partial charge in [-0.2, -0.15) is 0 Å². The number of nitrogens with zero attached hydrogens (tertiary/aromatic N) is 3. The SMILES string of the molecule is CCC(C)[C@H](NC(=O)c1ccc(N2CCN(C3CC3)CC2)cc1)C(=O)N1CC[C@H]2OCC(=O)[C@H]21. The van der Waals surface area contributed by atoms with Crippen molar-refractivity contribution in [3.63, 3.8) is 0 Å². The molecule has 184 valence electrons. The van der Waals surface area contributed by atoms with Crippen molar-refractivity contribution >= 4 is 23.3 Å². The summed E-state index contributed by atoms with van der Waals surface area (Å²) in [5.41, 5.74) is 1.67. The summed E-state index contributed by atoms with van der Waals surface area (Å²) in [4.78, 5) is 45.4. The minimum Gasteiger partial charge on any atom is -0.369 e. The zero-order chi connectivity index (χ0) is 23.8. The van der Waals surface area contributed by atoms with E-state index in [9.17, 15) is 14.4 Å². The summed E-state index contributed by atoms with van der Waals surface area (Å²) in [6.45, 7) is 8.74. The first-order valence-electron chi connectivity index (χ1n) is 12.8. The van der Waals surface area contributed by atoms with Crippen LogP contribution in [-0.4, -0.2) is 91.0 Å². The molecule has 1 N–H and O–H groups in total. The Morgan fingerprint density at radius 2 is 1.76 bits per heavy atom. The average molecular weight is 469 g/mol. The number of carbonyl (C=O) groups is 3. The third-order valence-electron chi connectivity index (χ3n) is 8.03. The van der Waals surface area contributed by atoms with Gasteiger partial charge in [-0.05, 0) is 49.4 Å². The second-order valence-corrected chi connectivity index (χ2v) is 10.2. The second-order valence-electron chi connectivity index (χ2n) is 10.2. The molecule has 0 bridgehead atoms. The number of ether oxygens (including phenoxy) is 1. The molecule has 1 aromatic carbocycles. The minimum absolute atomic E-state index is 0.0429. The summed E-state index contributed by atoms with van der Waals surface area (Å²) < 4.78 is 5.53. The molecule has 3 saturated heterocycles. The van der Waals surface area contributed by atoms with Gasteiger partial charge in [0.15, 0.2) is 5.78 Å². The standard InChI is InChI=1S/C26H36N4O4/c1-3-17(2)23(26(33)30-11-10-22-24(30)21(31)16-34-22)27-25(32)18-4-6-19(7-5-18)28-12-14-29(15-13-28)20-8-9-20/h4-7,17,20,22-24H,3,8-16H2,1-2H3,(H,27,32)/t17?,22-,23+,24-/m1/s1. The number of benzene rings is 1. The summed E-state index contributed by atoms with van der Waals surface area (Å²) in [6.07, 6.45) is 3.89. The van der Waals surface area contributed by atoms with E-state index in [2.05, 4.69) is 15.1 Å². The van der Waals surface area contributed by atoms with Gasteiger partial charge in [-0.1, -0.05) is 20.3 Å². The monoisotopic (exact) mass is 468 g/mol. The molecule has 1 saturated carbocycles. The largest absolute Gasteiger partial charge is 0.369 e. The molecule has 8 nitrogen and oxygen atoms in total. The minimum atomic E-state index is -0.667. The van der Waals surface area contributed by atoms with E-state index >= 15 is 0 Å². The van der Waals surface area contributed by atoms with E-state index in [0.717, 1.165) is 44.3 Å². The van der Waals surface area contributed by atoms with Crippen LogP contribution in [0.3, 0.4) is 0 Å². The van der Waals surface area contributed by atoms with Crippen LogP contribution >= 0.6 is 0 Å². The molecule has 3 aliphatic heterocycles. The molecule has 0 spiro atoms. The fourth-order valence-corrected chi connectivity index (χ4v) is 5.54. The van der Waals surface area contributed by atoms with Crippen LogP contribution in [0, 0.1) is 5.92 Å². The number of hydrogen-bond acceptors (Lipinski definition) is 6.